The second-order valence-electron chi connectivity index (χ2n) is 10.1. The Morgan fingerprint density at radius 1 is 0.591 bits per heavy atom. The molecule has 4 aromatic carbocycles. The second kappa shape index (κ2) is 10.3. The molecule has 10 heteroatoms. The number of fused-ring (bicyclic) bond motifs is 4. The maximum Gasteiger partial charge on any atom is 0.214 e. The molecule has 0 spiro atoms. The highest BCUT2D eigenvalue weighted by atomic mass is 16.5. The summed E-state index contributed by atoms with van der Waals surface area (Å²) in [6, 6.07) is 25.0. The zero-order valence-electron chi connectivity index (χ0n) is 23.5. The molecule has 0 atom stereocenters. The van der Waals surface area contributed by atoms with Crippen molar-refractivity contribution in [1.82, 2.24) is 9.97 Å². The summed E-state index contributed by atoms with van der Waals surface area (Å²) >= 11 is 0. The van der Waals surface area contributed by atoms with Crippen molar-refractivity contribution in [3.05, 3.63) is 107 Å². The number of aliphatic imine (C=N–C) groups is 2. The zero-order valence-corrected chi connectivity index (χ0v) is 23.5. The van der Waals surface area contributed by atoms with Crippen LogP contribution in [0.2, 0.25) is 0 Å². The van der Waals surface area contributed by atoms with Gasteiger partial charge in [0.25, 0.3) is 0 Å². The molecule has 44 heavy (non-hydrogen) atoms. The van der Waals surface area contributed by atoms with Gasteiger partial charge in [0.05, 0.1) is 36.7 Å². The Labute approximate surface area is 249 Å². The standard InChI is InChI=1S/2C17H12N2O3/c2*1-22-9-6-7-13-11(8-9)14(17(21)19-13)15-16(20)10-4-2-3-5-12(10)18-15/h2*2-8,19,21H,1H3. The molecule has 10 nitrogen and oxygen atoms in total. The smallest absolute Gasteiger partial charge is 0.214 e. The SMILES string of the molecule is COc1ccc2[nH]c(O)c(C3=Nc4ccccc4C3=O)c2c1.COc1ccc2[nH]c(O)c(C3=Nc4ccccc4C3=O)c2c1. The number of benzene rings is 4. The first-order chi connectivity index (χ1) is 21.4. The van der Waals surface area contributed by atoms with Crippen LogP contribution in [0.1, 0.15) is 31.8 Å². The molecule has 6 aromatic rings. The van der Waals surface area contributed by atoms with Gasteiger partial charge in [0.2, 0.25) is 11.6 Å². The molecule has 0 bridgehead atoms. The van der Waals surface area contributed by atoms with Crippen molar-refractivity contribution < 1.29 is 29.3 Å². The summed E-state index contributed by atoms with van der Waals surface area (Å²) in [5.74, 6) is 0.795. The number of H-pyrrole nitrogens is 2. The van der Waals surface area contributed by atoms with Crippen LogP contribution in [0.3, 0.4) is 0 Å². The van der Waals surface area contributed by atoms with Crippen LogP contribution in [-0.2, 0) is 0 Å². The molecule has 4 heterocycles. The van der Waals surface area contributed by atoms with E-state index in [1.165, 1.54) is 0 Å². The number of nitrogens with one attached hydrogen (secondary N) is 2. The normalized spacial score (nSPS) is 13.3. The van der Waals surface area contributed by atoms with Crippen LogP contribution in [0.25, 0.3) is 21.8 Å². The Morgan fingerprint density at radius 3 is 1.39 bits per heavy atom. The van der Waals surface area contributed by atoms with Gasteiger partial charge in [-0.05, 0) is 60.7 Å². The van der Waals surface area contributed by atoms with Crippen molar-refractivity contribution in [3.63, 3.8) is 0 Å². The third kappa shape index (κ3) is 4.19. The van der Waals surface area contributed by atoms with Crippen molar-refractivity contribution in [2.24, 2.45) is 9.98 Å². The molecule has 0 saturated heterocycles. The van der Waals surface area contributed by atoms with Crippen molar-refractivity contribution in [2.45, 2.75) is 0 Å². The van der Waals surface area contributed by atoms with E-state index in [2.05, 4.69) is 20.0 Å². The van der Waals surface area contributed by atoms with E-state index < -0.39 is 0 Å². The lowest BCUT2D eigenvalue weighted by Crippen LogP contribution is -2.10. The van der Waals surface area contributed by atoms with E-state index in [1.807, 2.05) is 12.1 Å². The molecule has 216 valence electrons. The van der Waals surface area contributed by atoms with E-state index >= 15 is 0 Å². The van der Waals surface area contributed by atoms with E-state index in [1.54, 1.807) is 87.0 Å². The van der Waals surface area contributed by atoms with Crippen LogP contribution >= 0.6 is 0 Å². The summed E-state index contributed by atoms with van der Waals surface area (Å²) in [6.07, 6.45) is 0. The monoisotopic (exact) mass is 584 g/mol. The average Bonchev–Trinajstić information content (AvgIpc) is 3.76. The van der Waals surface area contributed by atoms with Crippen LogP contribution in [0, 0.1) is 0 Å². The lowest BCUT2D eigenvalue weighted by Gasteiger charge is -2.01. The van der Waals surface area contributed by atoms with Crippen molar-refractivity contribution in [3.8, 4) is 23.3 Å². The molecule has 0 amide bonds. The number of hydrogen-bond acceptors (Lipinski definition) is 8. The van der Waals surface area contributed by atoms with E-state index in [-0.39, 0.29) is 34.7 Å². The van der Waals surface area contributed by atoms with Crippen LogP contribution < -0.4 is 9.47 Å². The Bertz CT molecular complexity index is 2060. The van der Waals surface area contributed by atoms with Crippen molar-refractivity contribution in [2.75, 3.05) is 14.2 Å². The largest absolute Gasteiger partial charge is 0.497 e. The molecule has 0 radical (unpaired) electrons. The predicted molar refractivity (Wildman–Crippen MR) is 167 cm³/mol. The number of carbonyl (C=O) groups excluding carboxylic acids is 2. The number of nitrogens with zero attached hydrogens (tertiary/aromatic N) is 2. The van der Waals surface area contributed by atoms with Crippen LogP contribution in [0.15, 0.2) is 94.9 Å². The number of hydrogen-bond donors (Lipinski definition) is 4. The summed E-state index contributed by atoms with van der Waals surface area (Å²) in [4.78, 5) is 39.6. The molecule has 2 aliphatic rings. The number of Topliss-reactive ketones (excluding diaryl/α,β-unsaturated/α-hetero) is 2. The van der Waals surface area contributed by atoms with Crippen molar-refractivity contribution >= 4 is 56.2 Å². The van der Waals surface area contributed by atoms with Gasteiger partial charge in [-0.1, -0.05) is 24.3 Å². The summed E-state index contributed by atoms with van der Waals surface area (Å²) in [5.41, 5.74) is 5.11. The fourth-order valence-corrected chi connectivity index (χ4v) is 5.51. The van der Waals surface area contributed by atoms with E-state index in [4.69, 9.17) is 9.47 Å². The summed E-state index contributed by atoms with van der Waals surface area (Å²) in [7, 11) is 3.14. The van der Waals surface area contributed by atoms with Gasteiger partial charge < -0.3 is 29.7 Å². The molecule has 0 fully saturated rings. The third-order valence-corrected chi connectivity index (χ3v) is 7.64. The number of ether oxygens (including phenoxy) is 2. The number of para-hydroxylation sites is 2. The number of aromatic amines is 2. The number of aromatic hydroxyl groups is 2. The van der Waals surface area contributed by atoms with E-state index in [0.29, 0.717) is 55.9 Å². The van der Waals surface area contributed by atoms with Gasteiger partial charge in [-0.2, -0.15) is 0 Å². The minimum absolute atomic E-state index is 0.0665. The fraction of sp³-hybridized carbons (Fsp3) is 0.0588. The highest BCUT2D eigenvalue weighted by molar-refractivity contribution is 6.57. The Kier molecular flexibility index (Phi) is 6.24. The molecule has 4 N–H and O–H groups in total. The quantitative estimate of drug-likeness (QED) is 0.188. The van der Waals surface area contributed by atoms with Gasteiger partial charge in [-0.25, -0.2) is 9.98 Å². The number of methoxy groups -OCH3 is 2. The maximum atomic E-state index is 12.6. The minimum atomic E-state index is -0.186. The first-order valence-electron chi connectivity index (χ1n) is 13.6. The number of rotatable bonds is 4. The van der Waals surface area contributed by atoms with Crippen LogP contribution in [0.5, 0.6) is 23.3 Å². The van der Waals surface area contributed by atoms with E-state index in [9.17, 15) is 19.8 Å². The molecule has 0 unspecified atom stereocenters. The van der Waals surface area contributed by atoms with Crippen LogP contribution in [-0.4, -0.2) is 57.4 Å². The Balaban J connectivity index is 0.000000142. The number of aromatic nitrogens is 2. The first-order valence-corrected chi connectivity index (χ1v) is 13.6. The predicted octanol–water partition coefficient (Wildman–Crippen LogP) is 6.40. The molecule has 0 aliphatic carbocycles. The topological polar surface area (TPSA) is 149 Å². The highest BCUT2D eigenvalue weighted by Gasteiger charge is 2.31. The van der Waals surface area contributed by atoms with Gasteiger partial charge >= 0.3 is 0 Å². The van der Waals surface area contributed by atoms with Crippen LogP contribution in [0.4, 0.5) is 11.4 Å². The molecule has 0 saturated carbocycles. The molecular weight excluding hydrogens is 560 g/mol. The average molecular weight is 585 g/mol. The second-order valence-corrected chi connectivity index (χ2v) is 10.1. The molecule has 2 aliphatic heterocycles. The summed E-state index contributed by atoms with van der Waals surface area (Å²) in [5, 5.41) is 21.9. The molecule has 8 rings (SSSR count). The molecular formula is C34H24N4O6. The summed E-state index contributed by atoms with van der Waals surface area (Å²) < 4.78 is 10.4. The van der Waals surface area contributed by atoms with Crippen molar-refractivity contribution in [1.29, 1.82) is 0 Å². The third-order valence-electron chi connectivity index (χ3n) is 7.64. The Hall–Kier alpha value is -6.16. The minimum Gasteiger partial charge on any atom is -0.497 e. The van der Waals surface area contributed by atoms with Gasteiger partial charge in [0.15, 0.2) is 11.8 Å². The number of carbonyl (C=O) groups is 2. The first kappa shape index (κ1) is 26.7. The van der Waals surface area contributed by atoms with Gasteiger partial charge in [-0.15, -0.1) is 0 Å². The van der Waals surface area contributed by atoms with E-state index in [0.717, 1.165) is 11.0 Å². The number of ketones is 2. The zero-order chi connectivity index (χ0) is 30.5. The van der Waals surface area contributed by atoms with Gasteiger partial charge in [0, 0.05) is 32.9 Å². The van der Waals surface area contributed by atoms with Gasteiger partial charge in [0.1, 0.15) is 22.9 Å². The maximum absolute atomic E-state index is 12.6. The molecule has 2 aromatic heterocycles. The van der Waals surface area contributed by atoms with Gasteiger partial charge in [-0.3, -0.25) is 9.59 Å². The Morgan fingerprint density at radius 2 is 1.00 bits per heavy atom. The summed E-state index contributed by atoms with van der Waals surface area (Å²) in [6.45, 7) is 0. The lowest BCUT2D eigenvalue weighted by atomic mass is 10.0. The fourth-order valence-electron chi connectivity index (χ4n) is 5.51. The highest BCUT2D eigenvalue weighted by Crippen LogP contribution is 2.38. The lowest BCUT2D eigenvalue weighted by molar-refractivity contribution is 0.106.